The standard InChI is InChI=1S/C10H12N2S/c1-13-8-2-3-9-7(5-11)6-12-10(9)4-8/h2-4,6,12H,5,11H2,1H3. The highest BCUT2D eigenvalue weighted by atomic mass is 32.2. The van der Waals surface area contributed by atoms with Crippen molar-refractivity contribution >= 4 is 22.7 Å². The molecule has 1 heterocycles. The molecule has 0 aliphatic rings. The van der Waals surface area contributed by atoms with Crippen molar-refractivity contribution < 1.29 is 0 Å². The zero-order valence-electron chi connectivity index (χ0n) is 7.50. The minimum atomic E-state index is 0.596. The first kappa shape index (κ1) is 8.66. The van der Waals surface area contributed by atoms with Crippen LogP contribution in [0.5, 0.6) is 0 Å². The van der Waals surface area contributed by atoms with Crippen molar-refractivity contribution in [1.29, 1.82) is 0 Å². The Morgan fingerprint density at radius 2 is 2.31 bits per heavy atom. The number of nitrogens with one attached hydrogen (secondary N) is 1. The smallest absolute Gasteiger partial charge is 0.0468 e. The van der Waals surface area contributed by atoms with Gasteiger partial charge < -0.3 is 10.7 Å². The number of fused-ring (bicyclic) bond motifs is 1. The third-order valence-corrected chi connectivity index (χ3v) is 2.92. The summed E-state index contributed by atoms with van der Waals surface area (Å²) in [6, 6.07) is 6.40. The van der Waals surface area contributed by atoms with Gasteiger partial charge in [0.25, 0.3) is 0 Å². The van der Waals surface area contributed by atoms with Gasteiger partial charge in [-0.3, -0.25) is 0 Å². The first-order valence-electron chi connectivity index (χ1n) is 4.19. The second-order valence-electron chi connectivity index (χ2n) is 2.93. The van der Waals surface area contributed by atoms with Crippen LogP contribution in [0.2, 0.25) is 0 Å². The molecule has 0 spiro atoms. The molecule has 0 radical (unpaired) electrons. The number of thioether (sulfide) groups is 1. The van der Waals surface area contributed by atoms with Crippen LogP contribution in [-0.4, -0.2) is 11.2 Å². The van der Waals surface area contributed by atoms with Gasteiger partial charge in [-0.25, -0.2) is 0 Å². The number of nitrogens with two attached hydrogens (primary N) is 1. The Hall–Kier alpha value is -0.930. The van der Waals surface area contributed by atoms with Gasteiger partial charge in [-0.2, -0.15) is 0 Å². The van der Waals surface area contributed by atoms with Crippen LogP contribution in [0.4, 0.5) is 0 Å². The van der Waals surface area contributed by atoms with E-state index in [4.69, 9.17) is 5.73 Å². The van der Waals surface area contributed by atoms with Crippen LogP contribution in [0.1, 0.15) is 5.56 Å². The lowest BCUT2D eigenvalue weighted by Gasteiger charge is -1.97. The predicted octanol–water partition coefficient (Wildman–Crippen LogP) is 2.35. The normalized spacial score (nSPS) is 10.9. The molecule has 0 saturated heterocycles. The van der Waals surface area contributed by atoms with Crippen molar-refractivity contribution in [2.75, 3.05) is 6.26 Å². The Bertz CT molecular complexity index is 420. The minimum Gasteiger partial charge on any atom is -0.361 e. The molecular formula is C10H12N2S. The summed E-state index contributed by atoms with van der Waals surface area (Å²) >= 11 is 1.75. The highest BCUT2D eigenvalue weighted by Gasteiger charge is 2.01. The molecule has 3 heteroatoms. The van der Waals surface area contributed by atoms with Crippen molar-refractivity contribution in [2.24, 2.45) is 5.73 Å². The first-order valence-corrected chi connectivity index (χ1v) is 5.41. The molecule has 0 bridgehead atoms. The van der Waals surface area contributed by atoms with E-state index in [1.54, 1.807) is 11.8 Å². The maximum absolute atomic E-state index is 5.61. The molecule has 1 aromatic carbocycles. The number of hydrogen-bond acceptors (Lipinski definition) is 2. The zero-order valence-corrected chi connectivity index (χ0v) is 8.32. The third kappa shape index (κ3) is 1.45. The fourth-order valence-electron chi connectivity index (χ4n) is 1.46. The molecule has 0 fully saturated rings. The largest absolute Gasteiger partial charge is 0.361 e. The number of aromatic nitrogens is 1. The van der Waals surface area contributed by atoms with Gasteiger partial charge in [-0.1, -0.05) is 6.07 Å². The van der Waals surface area contributed by atoms with Crippen molar-refractivity contribution in [3.8, 4) is 0 Å². The molecular weight excluding hydrogens is 180 g/mol. The molecule has 68 valence electrons. The number of hydrogen-bond donors (Lipinski definition) is 2. The summed E-state index contributed by atoms with van der Waals surface area (Å²) in [5, 5.41) is 1.24. The molecule has 0 aliphatic carbocycles. The molecule has 13 heavy (non-hydrogen) atoms. The lowest BCUT2D eigenvalue weighted by Crippen LogP contribution is -1.93. The Kier molecular flexibility index (Phi) is 2.29. The maximum Gasteiger partial charge on any atom is 0.0468 e. The van der Waals surface area contributed by atoms with Crippen molar-refractivity contribution in [2.45, 2.75) is 11.4 Å². The van der Waals surface area contributed by atoms with E-state index in [2.05, 4.69) is 29.4 Å². The first-order chi connectivity index (χ1) is 6.35. The summed E-state index contributed by atoms with van der Waals surface area (Å²) in [4.78, 5) is 4.50. The maximum atomic E-state index is 5.61. The van der Waals surface area contributed by atoms with Crippen LogP contribution in [-0.2, 0) is 6.54 Å². The van der Waals surface area contributed by atoms with E-state index >= 15 is 0 Å². The Labute approximate surface area is 81.5 Å². The van der Waals surface area contributed by atoms with Crippen molar-refractivity contribution in [3.63, 3.8) is 0 Å². The van der Waals surface area contributed by atoms with E-state index in [1.807, 2.05) is 6.20 Å². The zero-order chi connectivity index (χ0) is 9.26. The lowest BCUT2D eigenvalue weighted by molar-refractivity contribution is 1.08. The number of rotatable bonds is 2. The highest BCUT2D eigenvalue weighted by Crippen LogP contribution is 2.23. The van der Waals surface area contributed by atoms with Gasteiger partial charge in [-0.15, -0.1) is 11.8 Å². The summed E-state index contributed by atoms with van der Waals surface area (Å²) in [6.45, 7) is 0.596. The van der Waals surface area contributed by atoms with E-state index in [1.165, 1.54) is 21.4 Å². The predicted molar refractivity (Wildman–Crippen MR) is 58.0 cm³/mol. The van der Waals surface area contributed by atoms with Crippen LogP contribution < -0.4 is 5.73 Å². The SMILES string of the molecule is CSc1ccc2c(CN)c[nH]c2c1. The van der Waals surface area contributed by atoms with Gasteiger partial charge >= 0.3 is 0 Å². The van der Waals surface area contributed by atoms with Gasteiger partial charge in [0.05, 0.1) is 0 Å². The van der Waals surface area contributed by atoms with Gasteiger partial charge in [0.1, 0.15) is 0 Å². The van der Waals surface area contributed by atoms with Crippen molar-refractivity contribution in [3.05, 3.63) is 30.0 Å². The van der Waals surface area contributed by atoms with E-state index in [0.29, 0.717) is 6.54 Å². The third-order valence-electron chi connectivity index (χ3n) is 2.19. The molecule has 2 rings (SSSR count). The molecule has 1 aromatic heterocycles. The van der Waals surface area contributed by atoms with E-state index in [0.717, 1.165) is 0 Å². The average molecular weight is 192 g/mol. The lowest BCUT2D eigenvalue weighted by atomic mass is 10.2. The fraction of sp³-hybridized carbons (Fsp3) is 0.200. The van der Waals surface area contributed by atoms with Gasteiger partial charge in [-0.05, 0) is 24.0 Å². The Balaban J connectivity index is 2.61. The molecule has 0 amide bonds. The number of H-pyrrole nitrogens is 1. The molecule has 0 saturated carbocycles. The van der Waals surface area contributed by atoms with Crippen LogP contribution in [0.25, 0.3) is 10.9 Å². The van der Waals surface area contributed by atoms with E-state index < -0.39 is 0 Å². The molecule has 0 aliphatic heterocycles. The monoisotopic (exact) mass is 192 g/mol. The van der Waals surface area contributed by atoms with Crippen LogP contribution >= 0.6 is 11.8 Å². The topological polar surface area (TPSA) is 41.8 Å². The van der Waals surface area contributed by atoms with Crippen molar-refractivity contribution in [1.82, 2.24) is 4.98 Å². The Morgan fingerprint density at radius 3 is 3.00 bits per heavy atom. The molecule has 2 nitrogen and oxygen atoms in total. The van der Waals surface area contributed by atoms with E-state index in [9.17, 15) is 0 Å². The second kappa shape index (κ2) is 3.44. The van der Waals surface area contributed by atoms with Crippen LogP contribution in [0.15, 0.2) is 29.3 Å². The molecule has 2 aromatic rings. The fourth-order valence-corrected chi connectivity index (χ4v) is 1.90. The second-order valence-corrected chi connectivity index (χ2v) is 3.81. The number of benzene rings is 1. The quantitative estimate of drug-likeness (QED) is 0.717. The van der Waals surface area contributed by atoms with Crippen LogP contribution in [0, 0.1) is 0 Å². The molecule has 0 unspecified atom stereocenters. The number of aromatic amines is 1. The highest BCUT2D eigenvalue weighted by molar-refractivity contribution is 7.98. The molecule has 3 N–H and O–H groups in total. The summed E-state index contributed by atoms with van der Waals surface area (Å²) in [5.74, 6) is 0. The summed E-state index contributed by atoms with van der Waals surface area (Å²) in [5.41, 5.74) is 7.96. The van der Waals surface area contributed by atoms with Gasteiger partial charge in [0.2, 0.25) is 0 Å². The van der Waals surface area contributed by atoms with Crippen LogP contribution in [0.3, 0.4) is 0 Å². The summed E-state index contributed by atoms with van der Waals surface area (Å²) in [6.07, 6.45) is 4.06. The molecule has 0 atom stereocenters. The summed E-state index contributed by atoms with van der Waals surface area (Å²) in [7, 11) is 0. The minimum absolute atomic E-state index is 0.596. The van der Waals surface area contributed by atoms with E-state index in [-0.39, 0.29) is 0 Å². The van der Waals surface area contributed by atoms with Gasteiger partial charge in [0, 0.05) is 28.5 Å². The summed E-state index contributed by atoms with van der Waals surface area (Å²) < 4.78 is 0. The average Bonchev–Trinajstić information content (AvgIpc) is 2.59. The Morgan fingerprint density at radius 1 is 1.46 bits per heavy atom. The van der Waals surface area contributed by atoms with Gasteiger partial charge in [0.15, 0.2) is 0 Å².